The number of nitrogens with zero attached hydrogens (tertiary/aromatic N) is 3. The average Bonchev–Trinajstić information content (AvgIpc) is 3.18. The smallest absolute Gasteiger partial charge is 0.484 e. The van der Waals surface area contributed by atoms with Gasteiger partial charge in [0.2, 0.25) is 5.95 Å². The molecule has 9 nitrogen and oxygen atoms in total. The number of halogens is 3. The molecule has 4 rings (SSSR count). The second-order valence-corrected chi connectivity index (χ2v) is 11.2. The molecule has 2 N–H and O–H groups in total. The Morgan fingerprint density at radius 2 is 1.82 bits per heavy atom. The van der Waals surface area contributed by atoms with Crippen LogP contribution in [0.25, 0.3) is 11.0 Å². The number of aliphatic carboxylic acids is 1. The minimum Gasteiger partial charge on any atom is -0.484 e. The molecule has 0 saturated heterocycles. The number of aromatic nitrogens is 2. The normalized spacial score (nSPS) is 18.8. The maximum absolute atomic E-state index is 12.6. The van der Waals surface area contributed by atoms with Gasteiger partial charge < -0.3 is 29.4 Å². The minimum atomic E-state index is -4.77. The highest BCUT2D eigenvalue weighted by Crippen LogP contribution is 2.46. The largest absolute Gasteiger partial charge is 0.573 e. The molecule has 1 aliphatic carbocycles. The molecule has 1 aromatic heterocycles. The highest BCUT2D eigenvalue weighted by molar-refractivity contribution is 5.83. The lowest BCUT2D eigenvalue weighted by atomic mass is 9.70. The van der Waals surface area contributed by atoms with Crippen molar-refractivity contribution in [3.63, 3.8) is 0 Å². The molecule has 0 aliphatic heterocycles. The fourth-order valence-corrected chi connectivity index (χ4v) is 5.53. The number of hydrogen-bond acceptors (Lipinski definition) is 6. The first kappa shape index (κ1) is 29.0. The van der Waals surface area contributed by atoms with Crippen LogP contribution in [0, 0.1) is 11.3 Å². The number of carbonyl (C=O) groups excluding carboxylic acids is 1. The van der Waals surface area contributed by atoms with Gasteiger partial charge in [-0.15, -0.1) is 13.2 Å². The number of carboxylic acid groups (broad SMARTS) is 1. The number of likely N-dealkylation sites (N-methyl/N-ethyl adjacent to an activating group) is 1. The van der Waals surface area contributed by atoms with Crippen LogP contribution in [0.2, 0.25) is 0 Å². The number of rotatable bonds is 9. The molecule has 2 unspecified atom stereocenters. The van der Waals surface area contributed by atoms with E-state index in [-0.39, 0.29) is 23.8 Å². The predicted molar refractivity (Wildman–Crippen MR) is 143 cm³/mol. The van der Waals surface area contributed by atoms with Crippen molar-refractivity contribution in [2.24, 2.45) is 11.3 Å². The van der Waals surface area contributed by atoms with Gasteiger partial charge in [0.05, 0.1) is 11.0 Å². The van der Waals surface area contributed by atoms with E-state index in [1.54, 1.807) is 12.1 Å². The van der Waals surface area contributed by atoms with E-state index in [2.05, 4.69) is 35.4 Å². The van der Waals surface area contributed by atoms with Crippen LogP contribution in [-0.4, -0.2) is 58.0 Å². The first-order valence-corrected chi connectivity index (χ1v) is 12.9. The predicted octanol–water partition coefficient (Wildman–Crippen LogP) is 5.99. The lowest BCUT2D eigenvalue weighted by Crippen LogP contribution is -2.35. The summed E-state index contributed by atoms with van der Waals surface area (Å²) in [5, 5.41) is 12.1. The van der Waals surface area contributed by atoms with Crippen molar-refractivity contribution in [1.29, 1.82) is 0 Å². The minimum absolute atomic E-state index is 0.109. The number of carbonyl (C=O) groups is 2. The number of carboxylic acids is 1. The third-order valence-electron chi connectivity index (χ3n) is 6.89. The Balaban J connectivity index is 1.63. The zero-order valence-corrected chi connectivity index (χ0v) is 22.8. The van der Waals surface area contributed by atoms with E-state index in [0.717, 1.165) is 29.7 Å². The molecule has 12 heteroatoms. The van der Waals surface area contributed by atoms with Crippen molar-refractivity contribution >= 4 is 34.5 Å². The van der Waals surface area contributed by atoms with Gasteiger partial charge in [-0.25, -0.2) is 4.98 Å². The number of alkyl halides is 3. The van der Waals surface area contributed by atoms with Crippen molar-refractivity contribution in [2.45, 2.75) is 52.4 Å². The third-order valence-corrected chi connectivity index (χ3v) is 6.89. The molecule has 2 atom stereocenters. The standard InChI is InChI=1S/C28H33F3N4O5/c1-17-11-19(14-27(2,3)13-17)35-23-10-9-21(39-16-24(36)34(4)15-25(37)38)12-22(23)33-26(35)32-18-5-7-20(8-6-18)40-28(29,30)31/h5-10,12,17,19H,11,13-16H2,1-4H3,(H,32,33)(H,37,38). The molecule has 0 radical (unpaired) electrons. The van der Waals surface area contributed by atoms with E-state index in [1.165, 1.54) is 31.3 Å². The van der Waals surface area contributed by atoms with E-state index in [0.29, 0.717) is 28.8 Å². The third kappa shape index (κ3) is 7.36. The molecule has 0 bridgehead atoms. The second kappa shape index (κ2) is 11.3. The van der Waals surface area contributed by atoms with Gasteiger partial charge >= 0.3 is 12.3 Å². The molecule has 40 heavy (non-hydrogen) atoms. The molecule has 1 saturated carbocycles. The van der Waals surface area contributed by atoms with Crippen LogP contribution < -0.4 is 14.8 Å². The number of amides is 1. The van der Waals surface area contributed by atoms with Gasteiger partial charge in [0.1, 0.15) is 18.0 Å². The SMILES string of the molecule is CC1CC(n2c(Nc3ccc(OC(F)(F)F)cc3)nc3cc(OCC(=O)N(C)CC(=O)O)ccc32)CC(C)(C)C1. The Labute approximate surface area is 229 Å². The molecule has 2 aromatic carbocycles. The van der Waals surface area contributed by atoms with Crippen LogP contribution in [0.3, 0.4) is 0 Å². The van der Waals surface area contributed by atoms with E-state index >= 15 is 0 Å². The van der Waals surface area contributed by atoms with Gasteiger partial charge in [-0.2, -0.15) is 0 Å². The van der Waals surface area contributed by atoms with Crippen LogP contribution in [-0.2, 0) is 9.59 Å². The summed E-state index contributed by atoms with van der Waals surface area (Å²) < 4.78 is 49.5. The number of anilines is 2. The lowest BCUT2D eigenvalue weighted by Gasteiger charge is -2.40. The van der Waals surface area contributed by atoms with Gasteiger partial charge in [0, 0.05) is 24.8 Å². The Morgan fingerprint density at radius 3 is 2.45 bits per heavy atom. The fourth-order valence-electron chi connectivity index (χ4n) is 5.53. The molecule has 216 valence electrons. The lowest BCUT2D eigenvalue weighted by molar-refractivity contribution is -0.274. The summed E-state index contributed by atoms with van der Waals surface area (Å²) in [6.07, 6.45) is -1.82. The first-order chi connectivity index (χ1) is 18.7. The summed E-state index contributed by atoms with van der Waals surface area (Å²) in [6.45, 7) is 5.95. The highest BCUT2D eigenvalue weighted by Gasteiger charge is 2.35. The summed E-state index contributed by atoms with van der Waals surface area (Å²) >= 11 is 0. The van der Waals surface area contributed by atoms with E-state index < -0.39 is 24.8 Å². The van der Waals surface area contributed by atoms with Gasteiger partial charge in [0.15, 0.2) is 6.61 Å². The Hall–Kier alpha value is -3.96. The van der Waals surface area contributed by atoms with Gasteiger partial charge in [-0.3, -0.25) is 9.59 Å². The monoisotopic (exact) mass is 562 g/mol. The summed E-state index contributed by atoms with van der Waals surface area (Å²) in [4.78, 5) is 28.9. The molecule has 1 heterocycles. The van der Waals surface area contributed by atoms with E-state index in [9.17, 15) is 22.8 Å². The number of hydrogen-bond donors (Lipinski definition) is 2. The summed E-state index contributed by atoms with van der Waals surface area (Å²) in [6, 6.07) is 10.9. The second-order valence-electron chi connectivity index (χ2n) is 11.2. The Kier molecular flexibility index (Phi) is 8.18. The molecular weight excluding hydrogens is 529 g/mol. The van der Waals surface area contributed by atoms with Crippen LogP contribution in [0.15, 0.2) is 42.5 Å². The fraction of sp³-hybridized carbons (Fsp3) is 0.464. The van der Waals surface area contributed by atoms with E-state index in [1.807, 2.05) is 6.07 Å². The quantitative estimate of drug-likeness (QED) is 0.330. The van der Waals surface area contributed by atoms with Crippen LogP contribution in [0.5, 0.6) is 11.5 Å². The van der Waals surface area contributed by atoms with Crippen molar-refractivity contribution in [1.82, 2.24) is 14.5 Å². The van der Waals surface area contributed by atoms with E-state index in [4.69, 9.17) is 14.8 Å². The van der Waals surface area contributed by atoms with Crippen LogP contribution >= 0.6 is 0 Å². The molecule has 0 spiro atoms. The van der Waals surface area contributed by atoms with Gasteiger partial charge in [0.25, 0.3) is 5.91 Å². The van der Waals surface area contributed by atoms with Crippen LogP contribution in [0.1, 0.15) is 46.1 Å². The van der Waals surface area contributed by atoms with Crippen molar-refractivity contribution in [2.75, 3.05) is 25.5 Å². The number of benzene rings is 2. The maximum Gasteiger partial charge on any atom is 0.573 e. The summed E-state index contributed by atoms with van der Waals surface area (Å²) in [5.41, 5.74) is 2.10. The number of fused-ring (bicyclic) bond motifs is 1. The Morgan fingerprint density at radius 1 is 1.15 bits per heavy atom. The van der Waals surface area contributed by atoms with Crippen molar-refractivity contribution in [3.8, 4) is 11.5 Å². The van der Waals surface area contributed by atoms with Gasteiger partial charge in [-0.05, 0) is 67.0 Å². The summed E-state index contributed by atoms with van der Waals surface area (Å²) in [5.74, 6) is -0.512. The molecule has 1 aliphatic rings. The molecule has 3 aromatic rings. The zero-order chi connectivity index (χ0) is 29.2. The molecular formula is C28H33F3N4O5. The summed E-state index contributed by atoms with van der Waals surface area (Å²) in [7, 11) is 1.39. The highest BCUT2D eigenvalue weighted by atomic mass is 19.4. The topological polar surface area (TPSA) is 106 Å². The van der Waals surface area contributed by atoms with Crippen LogP contribution in [0.4, 0.5) is 24.8 Å². The number of ether oxygens (including phenoxy) is 2. The maximum atomic E-state index is 12.6. The molecule has 1 amide bonds. The first-order valence-electron chi connectivity index (χ1n) is 12.9. The number of nitrogens with one attached hydrogen (secondary N) is 1. The zero-order valence-electron chi connectivity index (χ0n) is 22.8. The molecule has 1 fully saturated rings. The number of imidazole rings is 1. The van der Waals surface area contributed by atoms with Gasteiger partial charge in [-0.1, -0.05) is 20.8 Å². The Bertz CT molecular complexity index is 1370. The van der Waals surface area contributed by atoms with Crippen molar-refractivity contribution < 1.29 is 37.3 Å². The van der Waals surface area contributed by atoms with Crippen molar-refractivity contribution in [3.05, 3.63) is 42.5 Å². The average molecular weight is 563 g/mol.